The van der Waals surface area contributed by atoms with E-state index in [1.165, 1.54) is 23.8 Å². The topological polar surface area (TPSA) is 59.5 Å². The molecule has 0 bridgehead atoms. The van der Waals surface area contributed by atoms with Crippen LogP contribution in [0.5, 0.6) is 5.75 Å². The van der Waals surface area contributed by atoms with Crippen LogP contribution in [0.1, 0.15) is 42.6 Å². The molecule has 4 aromatic rings. The van der Waals surface area contributed by atoms with Crippen molar-refractivity contribution >= 4 is 44.1 Å². The number of amides is 1. The van der Waals surface area contributed by atoms with E-state index in [0.29, 0.717) is 22.4 Å². The predicted octanol–water partition coefficient (Wildman–Crippen LogP) is 6.37. The van der Waals surface area contributed by atoms with Crippen LogP contribution in [-0.4, -0.2) is 23.3 Å². The number of hydrogen-bond acceptors (Lipinski definition) is 5. The summed E-state index contributed by atoms with van der Waals surface area (Å²) in [6, 6.07) is 22.6. The third kappa shape index (κ3) is 4.70. The lowest BCUT2D eigenvalue weighted by molar-refractivity contribution is -0.119. The number of benzene rings is 3. The SMILES string of the molecule is CC(=O)c1ccc(OCC(=O)N(c2ccc(C(C)C)cc2)c2nc3ccccc3s2)cc1. The summed E-state index contributed by atoms with van der Waals surface area (Å²) in [5, 5.41) is 0.601. The van der Waals surface area contributed by atoms with Crippen LogP contribution in [0.2, 0.25) is 0 Å². The van der Waals surface area contributed by atoms with Crippen LogP contribution in [0.25, 0.3) is 10.2 Å². The Kier molecular flexibility index (Phi) is 6.32. The van der Waals surface area contributed by atoms with Crippen LogP contribution in [0.3, 0.4) is 0 Å². The summed E-state index contributed by atoms with van der Waals surface area (Å²) in [5.41, 5.74) is 3.40. The summed E-state index contributed by atoms with van der Waals surface area (Å²) < 4.78 is 6.75. The number of Topliss-reactive ketones (excluding diaryl/α,β-unsaturated/α-hetero) is 1. The van der Waals surface area contributed by atoms with Crippen molar-refractivity contribution in [1.82, 2.24) is 4.98 Å². The van der Waals surface area contributed by atoms with Crippen molar-refractivity contribution in [2.75, 3.05) is 11.5 Å². The Labute approximate surface area is 191 Å². The van der Waals surface area contributed by atoms with E-state index < -0.39 is 0 Å². The quantitative estimate of drug-likeness (QED) is 0.311. The smallest absolute Gasteiger partial charge is 0.271 e. The lowest BCUT2D eigenvalue weighted by Gasteiger charge is -2.21. The number of aromatic nitrogens is 1. The highest BCUT2D eigenvalue weighted by atomic mass is 32.1. The largest absolute Gasteiger partial charge is 0.484 e. The first-order valence-electron chi connectivity index (χ1n) is 10.4. The number of nitrogens with zero attached hydrogens (tertiary/aromatic N) is 2. The summed E-state index contributed by atoms with van der Waals surface area (Å²) in [6.07, 6.45) is 0. The Morgan fingerprint density at radius 2 is 1.66 bits per heavy atom. The van der Waals surface area contributed by atoms with Gasteiger partial charge in [0.05, 0.1) is 15.9 Å². The van der Waals surface area contributed by atoms with E-state index in [2.05, 4.69) is 18.8 Å². The third-order valence-corrected chi connectivity index (χ3v) is 6.19. The molecule has 0 radical (unpaired) electrons. The number of carbonyl (C=O) groups is 2. The van der Waals surface area contributed by atoms with Crippen LogP contribution in [-0.2, 0) is 4.79 Å². The van der Waals surface area contributed by atoms with Crippen LogP contribution >= 0.6 is 11.3 Å². The van der Waals surface area contributed by atoms with Gasteiger partial charge in [-0.1, -0.05) is 49.4 Å². The molecule has 0 aliphatic heterocycles. The first-order chi connectivity index (χ1) is 15.4. The molecule has 3 aromatic carbocycles. The van der Waals surface area contributed by atoms with Gasteiger partial charge in [0.15, 0.2) is 17.5 Å². The molecule has 0 fully saturated rings. The van der Waals surface area contributed by atoms with E-state index in [4.69, 9.17) is 4.74 Å². The molecule has 32 heavy (non-hydrogen) atoms. The minimum atomic E-state index is -0.225. The van der Waals surface area contributed by atoms with Gasteiger partial charge in [0.1, 0.15) is 5.75 Å². The molecule has 0 atom stereocenters. The molecule has 0 aliphatic carbocycles. The van der Waals surface area contributed by atoms with E-state index in [9.17, 15) is 9.59 Å². The Morgan fingerprint density at radius 1 is 0.969 bits per heavy atom. The monoisotopic (exact) mass is 444 g/mol. The Balaban J connectivity index is 1.61. The summed E-state index contributed by atoms with van der Waals surface area (Å²) in [7, 11) is 0. The van der Waals surface area contributed by atoms with E-state index in [1.54, 1.807) is 29.2 Å². The van der Waals surface area contributed by atoms with E-state index in [0.717, 1.165) is 15.9 Å². The zero-order chi connectivity index (χ0) is 22.7. The summed E-state index contributed by atoms with van der Waals surface area (Å²) in [6.45, 7) is 5.63. The summed E-state index contributed by atoms with van der Waals surface area (Å²) in [4.78, 5) is 31.1. The zero-order valence-corrected chi connectivity index (χ0v) is 19.1. The number of ketones is 1. The minimum absolute atomic E-state index is 0.0144. The second kappa shape index (κ2) is 9.32. The standard InChI is InChI=1S/C26H24N2O3S/c1-17(2)19-8-12-21(13-9-19)28(26-27-23-6-4-5-7-24(23)32-26)25(30)16-31-22-14-10-20(11-15-22)18(3)29/h4-15,17H,16H2,1-3H3. The Hall–Kier alpha value is -3.51. The first-order valence-corrected chi connectivity index (χ1v) is 11.3. The van der Waals surface area contributed by atoms with Gasteiger partial charge in [-0.25, -0.2) is 4.98 Å². The van der Waals surface area contributed by atoms with Crippen molar-refractivity contribution in [1.29, 1.82) is 0 Å². The molecule has 0 spiro atoms. The molecule has 0 aliphatic rings. The highest BCUT2D eigenvalue weighted by molar-refractivity contribution is 7.22. The van der Waals surface area contributed by atoms with Crippen molar-refractivity contribution in [2.24, 2.45) is 0 Å². The lowest BCUT2D eigenvalue weighted by atomic mass is 10.0. The highest BCUT2D eigenvalue weighted by Gasteiger charge is 2.22. The fraction of sp³-hybridized carbons (Fsp3) is 0.192. The number of hydrogen-bond donors (Lipinski definition) is 0. The van der Waals surface area contributed by atoms with Gasteiger partial charge in [-0.05, 0) is 66.9 Å². The minimum Gasteiger partial charge on any atom is -0.484 e. The second-order valence-corrected chi connectivity index (χ2v) is 8.82. The summed E-state index contributed by atoms with van der Waals surface area (Å²) in [5.74, 6) is 0.691. The highest BCUT2D eigenvalue weighted by Crippen LogP contribution is 2.34. The van der Waals surface area contributed by atoms with Gasteiger partial charge in [0.2, 0.25) is 0 Å². The van der Waals surface area contributed by atoms with Crippen LogP contribution < -0.4 is 9.64 Å². The Bertz CT molecular complexity index is 1210. The molecule has 0 unspecified atom stereocenters. The number of anilines is 2. The Morgan fingerprint density at radius 3 is 2.28 bits per heavy atom. The molecule has 1 amide bonds. The molecular weight excluding hydrogens is 420 g/mol. The van der Waals surface area contributed by atoms with Crippen LogP contribution in [0, 0.1) is 0 Å². The first kappa shape index (κ1) is 21.7. The van der Waals surface area contributed by atoms with Crippen molar-refractivity contribution in [3.05, 3.63) is 83.9 Å². The molecule has 1 heterocycles. The summed E-state index contributed by atoms with van der Waals surface area (Å²) >= 11 is 1.47. The molecule has 4 rings (SSSR count). The van der Waals surface area contributed by atoms with Gasteiger partial charge >= 0.3 is 0 Å². The van der Waals surface area contributed by atoms with Crippen molar-refractivity contribution in [3.63, 3.8) is 0 Å². The fourth-order valence-corrected chi connectivity index (χ4v) is 4.32. The number of thiazole rings is 1. The lowest BCUT2D eigenvalue weighted by Crippen LogP contribution is -2.30. The predicted molar refractivity (Wildman–Crippen MR) is 129 cm³/mol. The van der Waals surface area contributed by atoms with Crippen molar-refractivity contribution in [3.8, 4) is 5.75 Å². The molecule has 0 saturated heterocycles. The maximum atomic E-state index is 13.3. The molecule has 5 nitrogen and oxygen atoms in total. The van der Waals surface area contributed by atoms with E-state index in [1.807, 2.05) is 48.5 Å². The maximum absolute atomic E-state index is 13.3. The number of carbonyl (C=O) groups excluding carboxylic acids is 2. The molecule has 162 valence electrons. The van der Waals surface area contributed by atoms with Gasteiger partial charge in [0, 0.05) is 5.56 Å². The molecular formula is C26H24N2O3S. The number of para-hydroxylation sites is 1. The average molecular weight is 445 g/mol. The van der Waals surface area contributed by atoms with Crippen molar-refractivity contribution in [2.45, 2.75) is 26.7 Å². The van der Waals surface area contributed by atoms with Crippen molar-refractivity contribution < 1.29 is 14.3 Å². The number of fused-ring (bicyclic) bond motifs is 1. The second-order valence-electron chi connectivity index (χ2n) is 7.81. The van der Waals surface area contributed by atoms with E-state index in [-0.39, 0.29) is 18.3 Å². The van der Waals surface area contributed by atoms with Gasteiger partial charge in [-0.15, -0.1) is 0 Å². The average Bonchev–Trinajstić information content (AvgIpc) is 3.22. The fourth-order valence-electron chi connectivity index (χ4n) is 3.32. The number of rotatable bonds is 7. The molecule has 1 aromatic heterocycles. The van der Waals surface area contributed by atoms with Crippen LogP contribution in [0.15, 0.2) is 72.8 Å². The molecule has 0 N–H and O–H groups in total. The number of ether oxygens (including phenoxy) is 1. The van der Waals surface area contributed by atoms with E-state index >= 15 is 0 Å². The maximum Gasteiger partial charge on any atom is 0.271 e. The van der Waals surface area contributed by atoms with Crippen LogP contribution in [0.4, 0.5) is 10.8 Å². The molecule has 6 heteroatoms. The van der Waals surface area contributed by atoms with Gasteiger partial charge < -0.3 is 4.74 Å². The third-order valence-electron chi connectivity index (χ3n) is 5.16. The zero-order valence-electron chi connectivity index (χ0n) is 18.2. The van der Waals surface area contributed by atoms with Gasteiger partial charge in [-0.3, -0.25) is 14.5 Å². The molecule has 0 saturated carbocycles. The van der Waals surface area contributed by atoms with Gasteiger partial charge in [-0.2, -0.15) is 0 Å². The normalized spacial score (nSPS) is 11.0. The van der Waals surface area contributed by atoms with Gasteiger partial charge in [0.25, 0.3) is 5.91 Å².